The summed E-state index contributed by atoms with van der Waals surface area (Å²) in [5.41, 5.74) is 12.5. The van der Waals surface area contributed by atoms with Crippen molar-refractivity contribution in [2.24, 2.45) is 0 Å². The summed E-state index contributed by atoms with van der Waals surface area (Å²) in [5, 5.41) is 9.37. The van der Waals surface area contributed by atoms with Crippen molar-refractivity contribution in [1.82, 2.24) is 0 Å². The second-order valence-electron chi connectivity index (χ2n) is 12.6. The Hall–Kier alpha value is 1.14. The number of aryl methyl sites for hydroxylation is 4. The third-order valence-corrected chi connectivity index (χ3v) is 9.70. The molecule has 0 saturated heterocycles. The molecule has 4 nitrogen and oxygen atoms in total. The third kappa shape index (κ3) is 15.6. The Morgan fingerprint density at radius 2 is 0.508 bits per heavy atom. The van der Waals surface area contributed by atoms with Crippen molar-refractivity contribution in [3.63, 3.8) is 0 Å². The van der Waals surface area contributed by atoms with Crippen molar-refractivity contribution in [1.29, 1.82) is 0 Å². The summed E-state index contributed by atoms with van der Waals surface area (Å²) in [6.45, 7) is 24.6. The van der Waals surface area contributed by atoms with Gasteiger partial charge in [0.05, 0.1) is 0 Å². The zero-order chi connectivity index (χ0) is 39.8. The molecule has 0 aliphatic carbocycles. The Kier molecular flexibility index (Phi) is 38.7. The average molecular weight is 1300 g/mol. The van der Waals surface area contributed by atoms with E-state index < -0.39 is 0 Å². The van der Waals surface area contributed by atoms with Crippen LogP contribution >= 0.6 is 0 Å². The first kappa shape index (κ1) is 70.7. The van der Waals surface area contributed by atoms with E-state index in [-0.39, 0.29) is 211 Å². The minimum absolute atomic E-state index is 0. The van der Waals surface area contributed by atoms with Crippen molar-refractivity contribution < 1.29 is 214 Å². The summed E-state index contributed by atoms with van der Waals surface area (Å²) in [4.78, 5) is 0. The molecule has 0 saturated carbocycles. The van der Waals surface area contributed by atoms with Gasteiger partial charge in [-0.15, -0.1) is 0 Å². The normalized spacial score (nSPS) is 9.40. The van der Waals surface area contributed by atoms with Gasteiger partial charge >= 0.3 is 0 Å². The van der Waals surface area contributed by atoms with E-state index in [1.165, 1.54) is 43.8 Å². The topological polar surface area (TPSA) is 52.6 Å². The van der Waals surface area contributed by atoms with Crippen molar-refractivity contribution in [2.45, 2.75) is 102 Å². The first-order chi connectivity index (χ1) is 27.0. The smallest absolute Gasteiger partial charge is 0.139 e. The van der Waals surface area contributed by atoms with Crippen LogP contribution in [0, 0.1) is 21.8 Å². The van der Waals surface area contributed by atoms with Gasteiger partial charge in [0.15, 0.2) is 0 Å². The number of hydrogen-bond donors (Lipinski definition) is 0. The Bertz CT molecular complexity index is 2750. The monoisotopic (exact) mass is 1300 g/mol. The van der Waals surface area contributed by atoms with Gasteiger partial charge < -0.3 is 32.5 Å². The minimum Gasteiger partial charge on any atom is -0.456 e. The van der Waals surface area contributed by atoms with Gasteiger partial charge in [-0.05, 0) is 104 Å². The van der Waals surface area contributed by atoms with Crippen LogP contribution in [0.25, 0.3) is 87.8 Å². The van der Waals surface area contributed by atoms with Gasteiger partial charge in [0.25, 0.3) is 0 Å². The zero-order valence-electron chi connectivity index (χ0n) is 40.5. The molecule has 0 N–H and O–H groups in total. The number of benzene rings is 6. The van der Waals surface area contributed by atoms with Gasteiger partial charge in [0.2, 0.25) is 0 Å². The van der Waals surface area contributed by atoms with Crippen molar-refractivity contribution in [2.75, 3.05) is 0 Å². The molecule has 63 heavy (non-hydrogen) atoms. The van der Waals surface area contributed by atoms with Crippen LogP contribution in [0.2, 0.25) is 0 Å². The fraction of sp³-hybridized carbons (Fsp3) is 0.283. The molecule has 4 heterocycles. The molecule has 0 spiro atoms. The summed E-state index contributed by atoms with van der Waals surface area (Å²) in [6.07, 6.45) is 3.08. The fourth-order valence-electron chi connectivity index (χ4n) is 7.01. The minimum atomic E-state index is 0. The molecular formula is C53H64O4Y6-2. The van der Waals surface area contributed by atoms with Gasteiger partial charge in [-0.2, -0.15) is 0 Å². The predicted molar refractivity (Wildman–Crippen MR) is 253 cm³/mol. The van der Waals surface area contributed by atoms with Gasteiger partial charge in [-0.25, -0.2) is 0 Å². The molecule has 0 aliphatic rings. The molecule has 10 rings (SSSR count). The quantitative estimate of drug-likeness (QED) is 0.165. The van der Waals surface area contributed by atoms with E-state index in [9.17, 15) is 0 Å². The molecule has 0 atom stereocenters. The van der Waals surface area contributed by atoms with E-state index in [1.54, 1.807) is 0 Å². The maximum Gasteiger partial charge on any atom is 0.139 e. The van der Waals surface area contributed by atoms with E-state index in [2.05, 4.69) is 107 Å². The molecule has 0 aliphatic heterocycles. The Labute approximate surface area is 529 Å². The number of hydrogen-bond acceptors (Lipinski definition) is 4. The molecular weight excluding hydrogens is 1230 g/mol. The number of rotatable bonds is 3. The summed E-state index contributed by atoms with van der Waals surface area (Å²) >= 11 is 0. The molecule has 320 valence electrons. The van der Waals surface area contributed by atoms with E-state index >= 15 is 0 Å². The molecule has 0 amide bonds. The van der Waals surface area contributed by atoms with Crippen LogP contribution in [0.15, 0.2) is 115 Å². The second-order valence-corrected chi connectivity index (χ2v) is 12.6. The van der Waals surface area contributed by atoms with Crippen LogP contribution in [-0.4, -0.2) is 0 Å². The van der Waals surface area contributed by atoms with E-state index in [4.69, 9.17) is 17.7 Å². The van der Waals surface area contributed by atoms with Crippen LogP contribution in [0.3, 0.4) is 0 Å². The largest absolute Gasteiger partial charge is 0.456 e. The Balaban J connectivity index is -0.000000430. The van der Waals surface area contributed by atoms with Gasteiger partial charge in [0.1, 0.15) is 44.7 Å². The maximum absolute atomic E-state index is 6.04. The van der Waals surface area contributed by atoms with Gasteiger partial charge in [-0.1, -0.05) is 106 Å². The van der Waals surface area contributed by atoms with Crippen LogP contribution in [0.5, 0.6) is 0 Å². The van der Waals surface area contributed by atoms with Crippen LogP contribution in [0.4, 0.5) is 0 Å². The molecule has 10 heteroatoms. The predicted octanol–water partition coefficient (Wildman–Crippen LogP) is 18.0. The Morgan fingerprint density at radius 3 is 0.762 bits per heavy atom. The van der Waals surface area contributed by atoms with Crippen molar-refractivity contribution in [3.05, 3.63) is 134 Å². The van der Waals surface area contributed by atoms with Gasteiger partial charge in [0, 0.05) is 251 Å². The summed E-state index contributed by atoms with van der Waals surface area (Å²) in [7, 11) is 0. The third-order valence-electron chi connectivity index (χ3n) is 9.70. The summed E-state index contributed by atoms with van der Waals surface area (Å²) in [6, 6.07) is 34.1. The SMILES string of the molecule is CC.CC.CC.CC.CCc1ccc2oc3cc4oc5ccc(C)cc5c4cc3c2c1.CCc1ccc2oc3cc4oc5ccc(CC)cc5c4cc3c2c1.[CH3-].[CH3-].[Y].[Y].[Y].[Y].[Y].[Y]. The zero-order valence-corrected chi connectivity index (χ0v) is 57.5. The number of fused-ring (bicyclic) bond motifs is 12. The van der Waals surface area contributed by atoms with Crippen LogP contribution in [0.1, 0.15) is 98.4 Å². The Morgan fingerprint density at radius 1 is 0.286 bits per heavy atom. The van der Waals surface area contributed by atoms with Crippen LogP contribution < -0.4 is 0 Å². The van der Waals surface area contributed by atoms with Gasteiger partial charge in [-0.3, -0.25) is 0 Å². The molecule has 6 radical (unpaired) electrons. The van der Waals surface area contributed by atoms with Crippen LogP contribution in [-0.2, 0) is 216 Å². The maximum atomic E-state index is 6.04. The second kappa shape index (κ2) is 34.4. The first-order valence-electron chi connectivity index (χ1n) is 20.6. The molecule has 0 bridgehead atoms. The van der Waals surface area contributed by atoms with Crippen molar-refractivity contribution in [3.8, 4) is 0 Å². The van der Waals surface area contributed by atoms with E-state index in [0.29, 0.717) is 0 Å². The molecule has 0 unspecified atom stereocenters. The molecule has 0 fully saturated rings. The van der Waals surface area contributed by atoms with E-state index in [1.807, 2.05) is 73.6 Å². The summed E-state index contributed by atoms with van der Waals surface area (Å²) in [5.74, 6) is 0. The van der Waals surface area contributed by atoms with Crippen molar-refractivity contribution >= 4 is 87.8 Å². The molecule has 4 aromatic heterocycles. The molecule has 10 aromatic rings. The standard InChI is InChI=1S/C22H18O2.C21H16O2.4C2H6.2CH3.6Y/c1-3-13-5-7-19-15(9-13)17-11-18-16-10-14(4-2)6-8-20(16)24-22(18)12-21(17)23-19;1-3-13-5-7-19-15(9-13)17-10-16-14-8-12(2)4-6-18(14)22-20(16)11-21(17)23-19;4*1-2;;;;;;;;/h5-12H,3-4H2,1-2H3;4-11H,3H2,1-2H3;4*1-2H3;2*1H3;;;;;;/q;;;;;;2*-1;;;;;;. The number of furan rings is 4. The fourth-order valence-corrected chi connectivity index (χ4v) is 7.01. The summed E-state index contributed by atoms with van der Waals surface area (Å²) < 4.78 is 24.1. The molecule has 6 aromatic carbocycles. The average Bonchev–Trinajstić information content (AvgIpc) is 4.00. The van der Waals surface area contributed by atoms with E-state index in [0.717, 1.165) is 85.5 Å². The first-order valence-corrected chi connectivity index (χ1v) is 20.6.